The summed E-state index contributed by atoms with van der Waals surface area (Å²) in [5, 5.41) is 0. The molecule has 0 amide bonds. The van der Waals surface area contributed by atoms with Crippen molar-refractivity contribution < 1.29 is 124 Å². The Kier molecular flexibility index (Phi) is 15.8. The van der Waals surface area contributed by atoms with Gasteiger partial charge in [-0.2, -0.15) is 0 Å². The average molecular weight is 1100 g/mol. The molecule has 0 aromatic rings. The predicted molar refractivity (Wildman–Crippen MR) is 135 cm³/mol. The number of hydrogen-bond donors (Lipinski definition) is 0. The van der Waals surface area contributed by atoms with E-state index in [2.05, 4.69) is 1.41 Å². The molecule has 0 radical (unpaired) electrons. The molecule has 0 aliphatic carbocycles. The quantitative estimate of drug-likeness (QED) is 0.0776. The first kappa shape index (κ1) is 54.6. The van der Waals surface area contributed by atoms with Crippen LogP contribution in [0.5, 0.6) is 0 Å². The Balaban J connectivity index is 10.1. The van der Waals surface area contributed by atoms with E-state index in [0.717, 1.165) is 0 Å². The molecule has 0 N–H and O–H groups in total. The van der Waals surface area contributed by atoms with E-state index in [-0.39, 0.29) is 27.7 Å². The first-order chi connectivity index (χ1) is 23.8. The second-order valence-corrected chi connectivity index (χ2v) is 36.3. The van der Waals surface area contributed by atoms with Crippen molar-refractivity contribution in [2.24, 2.45) is 11.8 Å². The summed E-state index contributed by atoms with van der Waals surface area (Å²) in [6.07, 6.45) is 0. The van der Waals surface area contributed by atoms with Crippen molar-refractivity contribution in [2.45, 2.75) is 99.7 Å². The van der Waals surface area contributed by atoms with E-state index in [9.17, 15) is 52.7 Å². The van der Waals surface area contributed by atoms with Crippen LogP contribution in [0.25, 0.3) is 0 Å². The number of rotatable bonds is 22. The fraction of sp³-hybridized carbons (Fsp3) is 1.00. The van der Waals surface area contributed by atoms with E-state index in [0.29, 0.717) is 0 Å². The summed E-state index contributed by atoms with van der Waals surface area (Å²) < 4.78 is 375. The van der Waals surface area contributed by atoms with Gasteiger partial charge in [0.25, 0.3) is 0 Å². The monoisotopic (exact) mass is 1100 g/mol. The van der Waals surface area contributed by atoms with Crippen LogP contribution in [-0.4, -0.2) is 127 Å². The molecule has 0 aliphatic rings. The molecule has 0 unspecified atom stereocenters. The summed E-state index contributed by atoms with van der Waals surface area (Å²) in [5.74, 6) is -69.6. The second-order valence-electron chi connectivity index (χ2n) is 12.9. The standard InChI is InChI=1S/4C4H2F7.2C4H9.O.2Sn/c4*5-1-3(8,9)4(10,11)2(6)7;2*1-4(2)3;;;/h4*1H2;2*4H,1H2,2-3H3;;;. The zero-order chi connectivity index (χ0) is 45.1. The predicted octanol–water partition coefficient (Wildman–Crippen LogP) is 11.9. The van der Waals surface area contributed by atoms with Gasteiger partial charge in [0.1, 0.15) is 0 Å². The van der Waals surface area contributed by atoms with Gasteiger partial charge >= 0.3 is 300 Å². The minimum absolute atomic E-state index is 0.133. The van der Waals surface area contributed by atoms with Gasteiger partial charge in [0.15, 0.2) is 0 Å². The van der Waals surface area contributed by atoms with Crippen LogP contribution < -0.4 is 0 Å². The maximum atomic E-state index is 16.1. The molecule has 55 heavy (non-hydrogen) atoms. The van der Waals surface area contributed by atoms with Gasteiger partial charge in [-0.15, -0.1) is 0 Å². The Morgan fingerprint density at radius 1 is 0.327 bits per heavy atom. The molecule has 332 valence electrons. The normalized spacial score (nSPS) is 16.5. The topological polar surface area (TPSA) is 9.23 Å². The van der Waals surface area contributed by atoms with Crippen LogP contribution in [0, 0.1) is 11.8 Å². The Bertz CT molecular complexity index is 1120. The Morgan fingerprint density at radius 3 is 0.582 bits per heavy atom. The fourth-order valence-corrected chi connectivity index (χ4v) is 52.6. The third kappa shape index (κ3) is 7.76. The summed E-state index contributed by atoms with van der Waals surface area (Å²) in [6, 6.07) is 0. The summed E-state index contributed by atoms with van der Waals surface area (Å²) in [5.41, 5.74) is 0. The van der Waals surface area contributed by atoms with Gasteiger partial charge in [-0.3, -0.25) is 0 Å². The molecular formula is C24H26F28OSn2. The average Bonchev–Trinajstić information content (AvgIpc) is 3.02. The van der Waals surface area contributed by atoms with Gasteiger partial charge in [0.05, 0.1) is 0 Å². The van der Waals surface area contributed by atoms with Crippen LogP contribution in [0.15, 0.2) is 0 Å². The van der Waals surface area contributed by atoms with E-state index in [1.54, 1.807) is 0 Å². The van der Waals surface area contributed by atoms with Crippen molar-refractivity contribution >= 4 is 37.6 Å². The van der Waals surface area contributed by atoms with Crippen LogP contribution in [0.2, 0.25) is 8.87 Å². The van der Waals surface area contributed by atoms with E-state index >= 15 is 70.2 Å². The van der Waals surface area contributed by atoms with Crippen molar-refractivity contribution in [1.82, 2.24) is 0 Å². The van der Waals surface area contributed by atoms with Gasteiger partial charge in [0.2, 0.25) is 0 Å². The molecule has 31 heteroatoms. The van der Waals surface area contributed by atoms with Crippen LogP contribution in [0.1, 0.15) is 27.7 Å². The van der Waals surface area contributed by atoms with Crippen LogP contribution in [0.4, 0.5) is 123 Å². The van der Waals surface area contributed by atoms with Crippen molar-refractivity contribution in [1.29, 1.82) is 0 Å². The summed E-state index contributed by atoms with van der Waals surface area (Å²) in [4.78, 5) is 0. The molecule has 0 saturated carbocycles. The molecule has 1 nitrogen and oxygen atoms in total. The number of hydrogen-bond acceptors (Lipinski definition) is 1. The Labute approximate surface area is 299 Å². The van der Waals surface area contributed by atoms with Gasteiger partial charge < -0.3 is 0 Å². The summed E-state index contributed by atoms with van der Waals surface area (Å²) in [6.45, 7) is -17.9. The zero-order valence-electron chi connectivity index (χ0n) is 27.4. The van der Waals surface area contributed by atoms with Crippen molar-refractivity contribution in [3.05, 3.63) is 0 Å². The van der Waals surface area contributed by atoms with E-state index in [1.807, 2.05) is 0 Å². The molecule has 0 aromatic carbocycles. The third-order valence-electron chi connectivity index (χ3n) is 7.85. The molecule has 0 heterocycles. The summed E-state index contributed by atoms with van der Waals surface area (Å²) >= 11 is -24.0. The van der Waals surface area contributed by atoms with Crippen molar-refractivity contribution in [3.63, 3.8) is 0 Å². The Hall–Kier alpha value is -0.403. The van der Waals surface area contributed by atoms with Gasteiger partial charge in [-0.25, -0.2) is 0 Å². The first-order valence-corrected chi connectivity index (χ1v) is 26.3. The first-order valence-electron chi connectivity index (χ1n) is 14.3. The number of halogens is 28. The van der Waals surface area contributed by atoms with Gasteiger partial charge in [0, 0.05) is 0 Å². The zero-order valence-corrected chi connectivity index (χ0v) is 33.1. The minimum atomic E-state index is -12.0. The van der Waals surface area contributed by atoms with Crippen LogP contribution >= 0.6 is 0 Å². The molecule has 0 saturated heterocycles. The van der Waals surface area contributed by atoms with Gasteiger partial charge in [-0.1, -0.05) is 0 Å². The van der Waals surface area contributed by atoms with Crippen molar-refractivity contribution in [2.75, 3.05) is 26.7 Å². The molecule has 0 aromatic heterocycles. The molecular weight excluding hydrogens is 1070 g/mol. The molecule has 0 aliphatic heterocycles. The maximum absolute atomic E-state index is 16.1. The summed E-state index contributed by atoms with van der Waals surface area (Å²) in [7, 11) is 0. The van der Waals surface area contributed by atoms with Gasteiger partial charge in [-0.05, 0) is 0 Å². The molecule has 0 fully saturated rings. The molecule has 0 atom stereocenters. The van der Waals surface area contributed by atoms with E-state index in [4.69, 9.17) is 0 Å². The van der Waals surface area contributed by atoms with E-state index in [1.165, 1.54) is 0 Å². The third-order valence-corrected chi connectivity index (χ3v) is 46.3. The van der Waals surface area contributed by atoms with Crippen LogP contribution in [-0.2, 0) is 1.41 Å². The Morgan fingerprint density at radius 2 is 0.473 bits per heavy atom. The van der Waals surface area contributed by atoms with Crippen LogP contribution in [0.3, 0.4) is 0 Å². The molecule has 0 rings (SSSR count). The number of alkyl halides is 28. The fourth-order valence-electron chi connectivity index (χ4n) is 4.96. The molecule has 0 spiro atoms. The van der Waals surface area contributed by atoms with E-state index < -0.39 is 148 Å². The molecule has 0 bridgehead atoms. The SMILES string of the molecule is CC(C)[CH2][Sn]([O][Sn]([CH2]C(C)C)([C](F)(F)C(F)(F)C(F)(F)CF)[C](F)(F)C(F)(F)C(F)(F)CF)([C](F)(F)C(F)(F)C(F)(F)CF)[C](F)(F)C(F)(F)C(F)(F)CF. The van der Waals surface area contributed by atoms with Crippen molar-refractivity contribution in [3.8, 4) is 0 Å². The second kappa shape index (κ2) is 15.9.